The van der Waals surface area contributed by atoms with Gasteiger partial charge in [0, 0.05) is 61.5 Å². The molecule has 3 aliphatic rings. The number of hydrogen-bond donors (Lipinski definition) is 2. The number of piperidine rings is 1. The van der Waals surface area contributed by atoms with Crippen molar-refractivity contribution in [3.63, 3.8) is 0 Å². The van der Waals surface area contributed by atoms with Crippen LogP contribution in [0.1, 0.15) is 56.8 Å². The average molecular weight is 593 g/mol. The molecule has 1 spiro atoms. The lowest BCUT2D eigenvalue weighted by Gasteiger charge is -2.39. The molecular formula is C32H41FN6O4. The average Bonchev–Trinajstić information content (AvgIpc) is 3.25. The number of amides is 1. The summed E-state index contributed by atoms with van der Waals surface area (Å²) >= 11 is 0. The lowest BCUT2D eigenvalue weighted by Crippen LogP contribution is -2.47. The maximum Gasteiger partial charge on any atom is 0.229 e. The number of aliphatic hydroxyl groups is 1. The van der Waals surface area contributed by atoms with E-state index in [1.165, 1.54) is 0 Å². The highest BCUT2D eigenvalue weighted by Gasteiger charge is 2.47. The predicted octanol–water partition coefficient (Wildman–Crippen LogP) is 3.49. The van der Waals surface area contributed by atoms with E-state index in [4.69, 9.17) is 4.74 Å². The molecule has 0 radical (unpaired) electrons. The van der Waals surface area contributed by atoms with Crippen molar-refractivity contribution in [2.24, 2.45) is 5.41 Å². The third-order valence-electron chi connectivity index (χ3n) is 9.50. The third-order valence-corrected chi connectivity index (χ3v) is 9.50. The molecule has 10 nitrogen and oxygen atoms in total. The molecule has 2 N–H and O–H groups in total. The summed E-state index contributed by atoms with van der Waals surface area (Å²) < 4.78 is 22.7. The van der Waals surface area contributed by atoms with Crippen LogP contribution in [0.25, 0.3) is 22.2 Å². The highest BCUT2D eigenvalue weighted by molar-refractivity contribution is 5.86. The van der Waals surface area contributed by atoms with Gasteiger partial charge in [-0.3, -0.25) is 14.5 Å². The van der Waals surface area contributed by atoms with Crippen molar-refractivity contribution in [2.45, 2.75) is 71.2 Å². The topological polar surface area (TPSA) is 113 Å². The Bertz CT molecular complexity index is 1600. The minimum atomic E-state index is -0.712. The van der Waals surface area contributed by atoms with Crippen LogP contribution in [0.3, 0.4) is 0 Å². The van der Waals surface area contributed by atoms with Gasteiger partial charge >= 0.3 is 0 Å². The first-order chi connectivity index (χ1) is 20.6. The van der Waals surface area contributed by atoms with Crippen LogP contribution in [0.2, 0.25) is 0 Å². The molecule has 43 heavy (non-hydrogen) atoms. The molecule has 6 rings (SSSR count). The summed E-state index contributed by atoms with van der Waals surface area (Å²) in [6.45, 7) is 9.67. The number of aliphatic hydroxyl groups excluding tert-OH is 1. The highest BCUT2D eigenvalue weighted by Crippen LogP contribution is 2.40. The summed E-state index contributed by atoms with van der Waals surface area (Å²) in [6, 6.07) is 5.04. The van der Waals surface area contributed by atoms with E-state index in [1.807, 2.05) is 24.9 Å². The summed E-state index contributed by atoms with van der Waals surface area (Å²) in [6.07, 6.45) is 3.71. The number of carbonyl (C=O) groups is 1. The molecule has 11 heteroatoms. The van der Waals surface area contributed by atoms with Crippen LogP contribution in [0.4, 0.5) is 10.3 Å². The number of nitrogens with zero attached hydrogens (tertiary/aromatic N) is 5. The van der Waals surface area contributed by atoms with Crippen molar-refractivity contribution >= 4 is 22.8 Å². The number of benzene rings is 1. The number of rotatable bonds is 6. The molecule has 3 saturated heterocycles. The standard InChI is InChI=1S/C32H41FN6O4/c1-19(2)39-25-14-21(28-23(33)15-34-31(36-28)35-24-8-13-43-17-27(24)40)6-7-22(25)29(41)20(3)26(39)16-38-11-5-9-32(18-38)10-12-37(4)30(32)42/h6-7,14-15,19,24,27,40H,5,8-13,16-18H2,1-4H3,(H,34,35,36)/t24-,27-,32+/m1/s1. The first-order valence-electron chi connectivity index (χ1n) is 15.3. The van der Waals surface area contributed by atoms with Gasteiger partial charge in [-0.25, -0.2) is 14.4 Å². The van der Waals surface area contributed by atoms with Crippen molar-refractivity contribution in [3.05, 3.63) is 51.7 Å². The Balaban J connectivity index is 1.38. The molecule has 230 valence electrons. The summed E-state index contributed by atoms with van der Waals surface area (Å²) in [5.41, 5.74) is 2.59. The first kappa shape index (κ1) is 29.7. The van der Waals surface area contributed by atoms with Crippen LogP contribution >= 0.6 is 0 Å². The van der Waals surface area contributed by atoms with Crippen molar-refractivity contribution in [1.82, 2.24) is 24.3 Å². The fourth-order valence-electron chi connectivity index (χ4n) is 7.16. The molecule has 2 aromatic heterocycles. The summed E-state index contributed by atoms with van der Waals surface area (Å²) in [5, 5.41) is 14.0. The van der Waals surface area contributed by atoms with Gasteiger partial charge < -0.3 is 24.6 Å². The minimum absolute atomic E-state index is 0.0209. The van der Waals surface area contributed by atoms with Gasteiger partial charge in [0.15, 0.2) is 11.2 Å². The van der Waals surface area contributed by atoms with Crippen LogP contribution in [0.15, 0.2) is 29.2 Å². The number of ether oxygens (including phenoxy) is 1. The normalized spacial score (nSPS) is 24.9. The second kappa shape index (κ2) is 11.6. The molecule has 1 aromatic carbocycles. The van der Waals surface area contributed by atoms with Crippen molar-refractivity contribution in [2.75, 3.05) is 45.2 Å². The highest BCUT2D eigenvalue weighted by atomic mass is 19.1. The summed E-state index contributed by atoms with van der Waals surface area (Å²) in [7, 11) is 1.88. The van der Waals surface area contributed by atoms with Gasteiger partial charge in [-0.2, -0.15) is 0 Å². The van der Waals surface area contributed by atoms with E-state index in [0.717, 1.165) is 44.2 Å². The largest absolute Gasteiger partial charge is 0.389 e. The third kappa shape index (κ3) is 5.42. The smallest absolute Gasteiger partial charge is 0.229 e. The zero-order valence-corrected chi connectivity index (χ0v) is 25.4. The van der Waals surface area contributed by atoms with E-state index in [2.05, 4.69) is 38.6 Å². The summed E-state index contributed by atoms with van der Waals surface area (Å²) in [4.78, 5) is 39.5. The molecule has 0 unspecified atom stereocenters. The van der Waals surface area contributed by atoms with Crippen molar-refractivity contribution in [1.29, 1.82) is 0 Å². The van der Waals surface area contributed by atoms with E-state index in [-0.39, 0.29) is 47.1 Å². The number of carbonyl (C=O) groups excluding carboxylic acids is 1. The fraction of sp³-hybridized carbons (Fsp3) is 0.562. The van der Waals surface area contributed by atoms with Gasteiger partial charge in [0.25, 0.3) is 0 Å². The van der Waals surface area contributed by atoms with Gasteiger partial charge in [0.05, 0.1) is 35.9 Å². The van der Waals surface area contributed by atoms with E-state index in [9.17, 15) is 14.7 Å². The minimum Gasteiger partial charge on any atom is -0.389 e. The number of hydrogen-bond acceptors (Lipinski definition) is 8. The van der Waals surface area contributed by atoms with Crippen LogP contribution in [0.5, 0.6) is 0 Å². The first-order valence-corrected chi connectivity index (χ1v) is 15.3. The monoisotopic (exact) mass is 592 g/mol. The zero-order valence-electron chi connectivity index (χ0n) is 25.4. The molecule has 3 fully saturated rings. The fourth-order valence-corrected chi connectivity index (χ4v) is 7.16. The molecule has 3 atom stereocenters. The van der Waals surface area contributed by atoms with E-state index < -0.39 is 11.9 Å². The van der Waals surface area contributed by atoms with Crippen LogP contribution in [-0.2, 0) is 16.1 Å². The SMILES string of the molecule is Cc1c(CN2CCC[C@]3(CCN(C)C3=O)C2)n(C(C)C)c2cc(-c3nc(N[C@@H]4CCOC[C@H]4O)ncc3F)ccc2c1=O. The second-order valence-electron chi connectivity index (χ2n) is 12.7. The maximum atomic E-state index is 15.2. The molecule has 1 amide bonds. The number of fused-ring (bicyclic) bond motifs is 1. The van der Waals surface area contributed by atoms with Gasteiger partial charge in [-0.1, -0.05) is 6.07 Å². The van der Waals surface area contributed by atoms with Crippen molar-refractivity contribution in [3.8, 4) is 11.3 Å². The molecule has 3 aromatic rings. The Morgan fingerprint density at radius 3 is 2.77 bits per heavy atom. The number of halogens is 1. The molecule has 0 saturated carbocycles. The Morgan fingerprint density at radius 1 is 1.23 bits per heavy atom. The van der Waals surface area contributed by atoms with Crippen LogP contribution in [-0.4, -0.2) is 87.4 Å². The van der Waals surface area contributed by atoms with E-state index in [0.29, 0.717) is 48.1 Å². The Labute approximate surface area is 250 Å². The number of pyridine rings is 1. The Hall–Kier alpha value is -3.41. The van der Waals surface area contributed by atoms with E-state index >= 15 is 4.39 Å². The number of nitrogens with one attached hydrogen (secondary N) is 1. The zero-order chi connectivity index (χ0) is 30.5. The Kier molecular flexibility index (Phi) is 7.99. The maximum absolute atomic E-state index is 15.2. The molecule has 0 bridgehead atoms. The molecule has 3 aliphatic heterocycles. The van der Waals surface area contributed by atoms with Crippen LogP contribution < -0.4 is 10.7 Å². The number of anilines is 1. The quantitative estimate of drug-likeness (QED) is 0.448. The van der Waals surface area contributed by atoms with Gasteiger partial charge in [0.1, 0.15) is 5.69 Å². The molecule has 5 heterocycles. The number of likely N-dealkylation sites (tertiary alicyclic amines) is 2. The summed E-state index contributed by atoms with van der Waals surface area (Å²) in [5.74, 6) is -0.127. The lowest BCUT2D eigenvalue weighted by molar-refractivity contribution is -0.137. The van der Waals surface area contributed by atoms with Crippen molar-refractivity contribution < 1.29 is 19.0 Å². The second-order valence-corrected chi connectivity index (χ2v) is 12.7. The van der Waals surface area contributed by atoms with Gasteiger partial charge in [-0.05, 0) is 65.1 Å². The lowest BCUT2D eigenvalue weighted by atomic mass is 9.78. The predicted molar refractivity (Wildman–Crippen MR) is 162 cm³/mol. The number of aromatic nitrogens is 3. The molecular weight excluding hydrogens is 551 g/mol. The Morgan fingerprint density at radius 2 is 2.05 bits per heavy atom. The molecule has 0 aliphatic carbocycles. The van der Waals surface area contributed by atoms with E-state index in [1.54, 1.807) is 12.1 Å². The van der Waals surface area contributed by atoms with Crippen LogP contribution in [0, 0.1) is 18.2 Å². The van der Waals surface area contributed by atoms with Gasteiger partial charge in [-0.15, -0.1) is 0 Å². The van der Waals surface area contributed by atoms with Gasteiger partial charge in [0.2, 0.25) is 11.9 Å².